The first-order valence-electron chi connectivity index (χ1n) is 10.5. The van der Waals surface area contributed by atoms with E-state index >= 15 is 0 Å². The van der Waals surface area contributed by atoms with E-state index in [9.17, 15) is 4.79 Å². The molecule has 2 aromatic rings. The molecule has 0 saturated carbocycles. The Kier molecular flexibility index (Phi) is 6.90. The molecule has 1 aliphatic rings. The lowest BCUT2D eigenvalue weighted by Gasteiger charge is -2.37. The summed E-state index contributed by atoms with van der Waals surface area (Å²) in [5.74, 6) is -0.116. The number of hydrogen-bond donors (Lipinski definition) is 1. The number of nitrogens with zero attached hydrogens (tertiary/aromatic N) is 3. The van der Waals surface area contributed by atoms with Crippen molar-refractivity contribution >= 4 is 23.0 Å². The Hall–Kier alpha value is -2.56. The first-order valence-corrected chi connectivity index (χ1v) is 10.5. The number of nitrogens with one attached hydrogen (secondary N) is 1. The predicted octanol–water partition coefficient (Wildman–Crippen LogP) is 4.95. The minimum atomic E-state index is -0.116. The number of amides is 1. The van der Waals surface area contributed by atoms with Gasteiger partial charge in [0.2, 0.25) is 0 Å². The van der Waals surface area contributed by atoms with Gasteiger partial charge in [0.05, 0.1) is 17.4 Å². The molecular formula is C23H32N4O. The molecule has 0 aliphatic carbocycles. The SMILES string of the molecule is CCC1CCCCN1c1cncc(C(=O)Nc2ccc(N(CC)CC)cc2)c1. The van der Waals surface area contributed by atoms with Crippen LogP contribution < -0.4 is 15.1 Å². The largest absolute Gasteiger partial charge is 0.372 e. The second-order valence-corrected chi connectivity index (χ2v) is 7.36. The molecule has 3 rings (SSSR count). The van der Waals surface area contributed by atoms with Gasteiger partial charge in [-0.3, -0.25) is 9.78 Å². The van der Waals surface area contributed by atoms with E-state index in [0.717, 1.165) is 37.4 Å². The van der Waals surface area contributed by atoms with E-state index < -0.39 is 0 Å². The number of hydrogen-bond acceptors (Lipinski definition) is 4. The third kappa shape index (κ3) is 4.64. The van der Waals surface area contributed by atoms with Crippen molar-refractivity contribution in [1.29, 1.82) is 0 Å². The highest BCUT2D eigenvalue weighted by Crippen LogP contribution is 2.27. The van der Waals surface area contributed by atoms with E-state index in [2.05, 4.69) is 53.0 Å². The lowest BCUT2D eigenvalue weighted by molar-refractivity contribution is 0.102. The highest BCUT2D eigenvalue weighted by atomic mass is 16.1. The molecule has 28 heavy (non-hydrogen) atoms. The second-order valence-electron chi connectivity index (χ2n) is 7.36. The fraction of sp³-hybridized carbons (Fsp3) is 0.478. The third-order valence-corrected chi connectivity index (χ3v) is 5.67. The van der Waals surface area contributed by atoms with Crippen LogP contribution in [0.1, 0.15) is 56.8 Å². The molecule has 150 valence electrons. The third-order valence-electron chi connectivity index (χ3n) is 5.67. The molecule has 1 aromatic carbocycles. The summed E-state index contributed by atoms with van der Waals surface area (Å²) in [5.41, 5.74) is 3.62. The van der Waals surface area contributed by atoms with Crippen LogP contribution in [-0.4, -0.2) is 36.6 Å². The maximum Gasteiger partial charge on any atom is 0.257 e. The Balaban J connectivity index is 1.71. The van der Waals surface area contributed by atoms with Crippen LogP contribution >= 0.6 is 0 Å². The zero-order valence-electron chi connectivity index (χ0n) is 17.3. The van der Waals surface area contributed by atoms with Gasteiger partial charge in [0.15, 0.2) is 0 Å². The minimum absolute atomic E-state index is 0.116. The van der Waals surface area contributed by atoms with Crippen LogP contribution in [0.2, 0.25) is 0 Å². The van der Waals surface area contributed by atoms with Crippen LogP contribution in [0.25, 0.3) is 0 Å². The topological polar surface area (TPSA) is 48.5 Å². The van der Waals surface area contributed by atoms with Crippen LogP contribution in [0.15, 0.2) is 42.7 Å². The van der Waals surface area contributed by atoms with Crippen molar-refractivity contribution in [3.05, 3.63) is 48.3 Å². The fourth-order valence-corrected chi connectivity index (χ4v) is 4.02. The minimum Gasteiger partial charge on any atom is -0.372 e. The zero-order valence-corrected chi connectivity index (χ0v) is 17.3. The number of carbonyl (C=O) groups excluding carboxylic acids is 1. The van der Waals surface area contributed by atoms with E-state index in [0.29, 0.717) is 11.6 Å². The van der Waals surface area contributed by atoms with Gasteiger partial charge in [-0.25, -0.2) is 0 Å². The molecule has 1 aliphatic heterocycles. The van der Waals surface area contributed by atoms with Crippen LogP contribution in [0.4, 0.5) is 17.1 Å². The first-order chi connectivity index (χ1) is 13.7. The van der Waals surface area contributed by atoms with Crippen LogP contribution in [0, 0.1) is 0 Å². The quantitative estimate of drug-likeness (QED) is 0.738. The van der Waals surface area contributed by atoms with Crippen LogP contribution in [-0.2, 0) is 0 Å². The molecule has 1 saturated heterocycles. The number of piperidine rings is 1. The zero-order chi connectivity index (χ0) is 19.9. The summed E-state index contributed by atoms with van der Waals surface area (Å²) >= 11 is 0. The Morgan fingerprint density at radius 2 is 1.89 bits per heavy atom. The lowest BCUT2D eigenvalue weighted by Crippen LogP contribution is -2.39. The van der Waals surface area contributed by atoms with Gasteiger partial charge >= 0.3 is 0 Å². The summed E-state index contributed by atoms with van der Waals surface area (Å²) in [4.78, 5) is 21.8. The first kappa shape index (κ1) is 20.2. The molecule has 1 unspecified atom stereocenters. The normalized spacial score (nSPS) is 16.7. The molecule has 1 amide bonds. The van der Waals surface area contributed by atoms with E-state index in [1.54, 1.807) is 6.20 Å². The molecule has 0 bridgehead atoms. The predicted molar refractivity (Wildman–Crippen MR) is 117 cm³/mol. The van der Waals surface area contributed by atoms with Crippen molar-refractivity contribution in [2.24, 2.45) is 0 Å². The number of carbonyl (C=O) groups is 1. The monoisotopic (exact) mass is 380 g/mol. The van der Waals surface area contributed by atoms with Gasteiger partial charge in [0.25, 0.3) is 5.91 Å². The van der Waals surface area contributed by atoms with Gasteiger partial charge in [-0.15, -0.1) is 0 Å². The number of aromatic nitrogens is 1. The van der Waals surface area contributed by atoms with E-state index in [-0.39, 0.29) is 5.91 Å². The van der Waals surface area contributed by atoms with E-state index in [1.807, 2.05) is 24.4 Å². The van der Waals surface area contributed by atoms with Crippen molar-refractivity contribution in [3.63, 3.8) is 0 Å². The lowest BCUT2D eigenvalue weighted by atomic mass is 9.99. The molecule has 1 atom stereocenters. The van der Waals surface area contributed by atoms with Gasteiger partial charge in [0.1, 0.15) is 0 Å². The Labute approximate surface area is 168 Å². The fourth-order valence-electron chi connectivity index (χ4n) is 4.02. The number of rotatable bonds is 7. The smallest absolute Gasteiger partial charge is 0.257 e. The summed E-state index contributed by atoms with van der Waals surface area (Å²) < 4.78 is 0. The number of benzene rings is 1. The van der Waals surface area contributed by atoms with Gasteiger partial charge in [-0.1, -0.05) is 6.92 Å². The molecule has 1 N–H and O–H groups in total. The molecule has 1 aromatic heterocycles. The molecule has 0 spiro atoms. The van der Waals surface area contributed by atoms with Crippen molar-refractivity contribution < 1.29 is 4.79 Å². The van der Waals surface area contributed by atoms with Crippen molar-refractivity contribution in [3.8, 4) is 0 Å². The molecule has 5 heteroatoms. The second kappa shape index (κ2) is 9.58. The Morgan fingerprint density at radius 3 is 2.57 bits per heavy atom. The Bertz CT molecular complexity index is 770. The molecule has 5 nitrogen and oxygen atoms in total. The Morgan fingerprint density at radius 1 is 1.14 bits per heavy atom. The highest BCUT2D eigenvalue weighted by Gasteiger charge is 2.22. The van der Waals surface area contributed by atoms with Gasteiger partial charge in [-0.2, -0.15) is 0 Å². The average Bonchev–Trinajstić information content (AvgIpc) is 2.75. The maximum atomic E-state index is 12.8. The van der Waals surface area contributed by atoms with Crippen LogP contribution in [0.5, 0.6) is 0 Å². The van der Waals surface area contributed by atoms with Gasteiger partial charge < -0.3 is 15.1 Å². The molecule has 0 radical (unpaired) electrons. The highest BCUT2D eigenvalue weighted by molar-refractivity contribution is 6.04. The van der Waals surface area contributed by atoms with Crippen LogP contribution in [0.3, 0.4) is 0 Å². The molecule has 1 fully saturated rings. The number of anilines is 3. The summed E-state index contributed by atoms with van der Waals surface area (Å²) in [7, 11) is 0. The van der Waals surface area contributed by atoms with E-state index in [1.165, 1.54) is 24.9 Å². The van der Waals surface area contributed by atoms with Gasteiger partial charge in [-0.05, 0) is 69.9 Å². The van der Waals surface area contributed by atoms with Crippen molar-refractivity contribution in [1.82, 2.24) is 4.98 Å². The molecule has 2 heterocycles. The van der Waals surface area contributed by atoms with Gasteiger partial charge in [0, 0.05) is 43.2 Å². The van der Waals surface area contributed by atoms with Crippen molar-refractivity contribution in [2.75, 3.05) is 34.8 Å². The van der Waals surface area contributed by atoms with E-state index in [4.69, 9.17) is 0 Å². The number of pyridine rings is 1. The summed E-state index contributed by atoms with van der Waals surface area (Å²) in [6.45, 7) is 9.49. The summed E-state index contributed by atoms with van der Waals surface area (Å²) in [6.07, 6.45) is 8.34. The average molecular weight is 381 g/mol. The molecular weight excluding hydrogens is 348 g/mol. The maximum absolute atomic E-state index is 12.8. The summed E-state index contributed by atoms with van der Waals surface area (Å²) in [6, 6.07) is 10.5. The van der Waals surface area contributed by atoms with Crippen molar-refractivity contribution in [2.45, 2.75) is 52.5 Å². The standard InChI is InChI=1S/C23H32N4O/c1-4-20-9-7-8-14-27(20)22-15-18(16-24-17-22)23(28)25-19-10-12-21(13-11-19)26(5-2)6-3/h10-13,15-17,20H,4-9,14H2,1-3H3,(H,25,28). The summed E-state index contributed by atoms with van der Waals surface area (Å²) in [5, 5.41) is 3.00.